The third kappa shape index (κ3) is 4.51. The minimum atomic E-state index is -2.38. The van der Waals surface area contributed by atoms with Crippen LogP contribution in [0.4, 0.5) is 8.78 Å². The number of piperidine rings is 1. The summed E-state index contributed by atoms with van der Waals surface area (Å²) >= 11 is 0. The van der Waals surface area contributed by atoms with Gasteiger partial charge < -0.3 is 4.90 Å². The highest BCUT2D eigenvalue weighted by molar-refractivity contribution is 5.97. The number of aromatic nitrogens is 4. The van der Waals surface area contributed by atoms with Crippen molar-refractivity contribution in [1.82, 2.24) is 25.3 Å². The Hall–Kier alpha value is -3.46. The smallest absolute Gasteiger partial charge is 0.272 e. The van der Waals surface area contributed by atoms with E-state index in [4.69, 9.17) is 0 Å². The van der Waals surface area contributed by atoms with Crippen molar-refractivity contribution in [3.63, 3.8) is 0 Å². The molecule has 3 heterocycles. The normalized spacial score (nSPS) is 16.1. The van der Waals surface area contributed by atoms with Gasteiger partial charge in [0.25, 0.3) is 11.5 Å². The zero-order chi connectivity index (χ0) is 22.0. The SMILES string of the molecule is CN1CCC(F)(F)CC1.O=Cc1ccc2c(-c3ccc4c(=O)[nH]ncc4c3)n[nH]c2c1. The number of carbonyl (C=O) groups is 1. The number of hydrogen-bond donors (Lipinski definition) is 2. The number of benzene rings is 2. The van der Waals surface area contributed by atoms with Crippen LogP contribution < -0.4 is 5.56 Å². The van der Waals surface area contributed by atoms with Crippen molar-refractivity contribution >= 4 is 28.0 Å². The van der Waals surface area contributed by atoms with Gasteiger partial charge in [-0.15, -0.1) is 0 Å². The Morgan fingerprint density at radius 1 is 1.06 bits per heavy atom. The van der Waals surface area contributed by atoms with Gasteiger partial charge in [0.15, 0.2) is 0 Å². The number of fused-ring (bicyclic) bond motifs is 2. The first-order valence-corrected chi connectivity index (χ1v) is 9.84. The largest absolute Gasteiger partial charge is 0.306 e. The Morgan fingerprint density at radius 2 is 1.81 bits per heavy atom. The fourth-order valence-corrected chi connectivity index (χ4v) is 3.52. The van der Waals surface area contributed by atoms with Crippen molar-refractivity contribution in [3.8, 4) is 11.3 Å². The Balaban J connectivity index is 0.000000217. The quantitative estimate of drug-likeness (QED) is 0.479. The number of aromatic amines is 2. The molecule has 7 nitrogen and oxygen atoms in total. The van der Waals surface area contributed by atoms with Crippen LogP contribution in [-0.4, -0.2) is 57.6 Å². The Morgan fingerprint density at radius 3 is 2.52 bits per heavy atom. The maximum Gasteiger partial charge on any atom is 0.272 e. The lowest BCUT2D eigenvalue weighted by Crippen LogP contribution is -2.36. The molecule has 0 amide bonds. The van der Waals surface area contributed by atoms with Crippen molar-refractivity contribution in [2.75, 3.05) is 20.1 Å². The van der Waals surface area contributed by atoms with Gasteiger partial charge in [0.1, 0.15) is 6.29 Å². The first kappa shape index (κ1) is 20.8. The fourth-order valence-electron chi connectivity index (χ4n) is 3.52. The second kappa shape index (κ2) is 8.35. The minimum absolute atomic E-state index is 0.0312. The summed E-state index contributed by atoms with van der Waals surface area (Å²) in [6.45, 7) is 1.07. The van der Waals surface area contributed by atoms with Crippen molar-refractivity contribution in [2.45, 2.75) is 18.8 Å². The van der Waals surface area contributed by atoms with Crippen molar-refractivity contribution in [3.05, 3.63) is 58.5 Å². The molecule has 1 saturated heterocycles. The summed E-state index contributed by atoms with van der Waals surface area (Å²) in [6.07, 6.45) is 2.47. The number of alkyl halides is 2. The molecule has 9 heteroatoms. The molecule has 160 valence electrons. The lowest BCUT2D eigenvalue weighted by molar-refractivity contribution is -0.0504. The number of likely N-dealkylation sites (tertiary alicyclic amines) is 1. The first-order chi connectivity index (χ1) is 14.9. The molecule has 0 aliphatic carbocycles. The van der Waals surface area contributed by atoms with E-state index in [1.54, 1.807) is 24.4 Å². The van der Waals surface area contributed by atoms with Crippen molar-refractivity contribution in [1.29, 1.82) is 0 Å². The van der Waals surface area contributed by atoms with Crippen LogP contribution in [0.5, 0.6) is 0 Å². The summed E-state index contributed by atoms with van der Waals surface area (Å²) in [6, 6.07) is 10.8. The highest BCUT2D eigenvalue weighted by Gasteiger charge is 2.32. The van der Waals surface area contributed by atoms with Gasteiger partial charge >= 0.3 is 0 Å². The molecule has 1 aliphatic rings. The Kier molecular flexibility index (Phi) is 5.60. The van der Waals surface area contributed by atoms with E-state index in [1.807, 2.05) is 30.1 Å². The topological polar surface area (TPSA) is 94.7 Å². The molecule has 0 spiro atoms. The van der Waals surface area contributed by atoms with Crippen LogP contribution in [0.1, 0.15) is 23.2 Å². The van der Waals surface area contributed by atoms with Gasteiger partial charge in [0.2, 0.25) is 0 Å². The molecule has 2 aromatic carbocycles. The lowest BCUT2D eigenvalue weighted by Gasteiger charge is -2.28. The van der Waals surface area contributed by atoms with Crippen LogP contribution >= 0.6 is 0 Å². The third-order valence-corrected chi connectivity index (χ3v) is 5.38. The molecule has 2 aromatic heterocycles. The summed E-state index contributed by atoms with van der Waals surface area (Å²) in [5.74, 6) is -2.38. The predicted octanol–water partition coefficient (Wildman–Crippen LogP) is 3.63. The van der Waals surface area contributed by atoms with Gasteiger partial charge in [-0.2, -0.15) is 10.2 Å². The van der Waals surface area contributed by atoms with Crippen LogP contribution in [-0.2, 0) is 0 Å². The van der Waals surface area contributed by atoms with Gasteiger partial charge in [-0.1, -0.05) is 12.1 Å². The summed E-state index contributed by atoms with van der Waals surface area (Å²) in [7, 11) is 1.87. The van der Waals surface area contributed by atoms with E-state index >= 15 is 0 Å². The average molecular weight is 425 g/mol. The van der Waals surface area contributed by atoms with Crippen LogP contribution in [0.15, 0.2) is 47.4 Å². The molecule has 31 heavy (non-hydrogen) atoms. The van der Waals surface area contributed by atoms with Crippen LogP contribution in [0.25, 0.3) is 32.9 Å². The zero-order valence-corrected chi connectivity index (χ0v) is 16.9. The predicted molar refractivity (Wildman–Crippen MR) is 115 cm³/mol. The molecule has 1 fully saturated rings. The second-order valence-electron chi connectivity index (χ2n) is 7.66. The third-order valence-electron chi connectivity index (χ3n) is 5.38. The van der Waals surface area contributed by atoms with Crippen molar-refractivity contribution < 1.29 is 13.6 Å². The lowest BCUT2D eigenvalue weighted by atomic mass is 10.0. The van der Waals surface area contributed by atoms with Gasteiger partial charge in [0.05, 0.1) is 22.8 Å². The maximum absolute atomic E-state index is 12.4. The van der Waals surface area contributed by atoms with Crippen LogP contribution in [0.2, 0.25) is 0 Å². The number of H-pyrrole nitrogens is 2. The van der Waals surface area contributed by atoms with E-state index in [9.17, 15) is 18.4 Å². The van der Waals surface area contributed by atoms with Gasteiger partial charge in [-0.25, -0.2) is 13.9 Å². The van der Waals surface area contributed by atoms with Gasteiger partial charge in [0, 0.05) is 47.8 Å². The van der Waals surface area contributed by atoms with Gasteiger partial charge in [-0.3, -0.25) is 14.7 Å². The molecule has 0 saturated carbocycles. The number of nitrogens with zero attached hydrogens (tertiary/aromatic N) is 3. The van der Waals surface area contributed by atoms with E-state index in [0.717, 1.165) is 33.8 Å². The molecular weight excluding hydrogens is 404 g/mol. The Labute approximate surface area is 176 Å². The number of halogens is 2. The molecule has 0 atom stereocenters. The van der Waals surface area contributed by atoms with Crippen LogP contribution in [0.3, 0.4) is 0 Å². The molecule has 0 bridgehead atoms. The Bertz CT molecular complexity index is 1290. The average Bonchev–Trinajstić information content (AvgIpc) is 3.19. The van der Waals surface area contributed by atoms with E-state index in [2.05, 4.69) is 20.4 Å². The molecule has 1 aliphatic heterocycles. The highest BCUT2D eigenvalue weighted by atomic mass is 19.3. The highest BCUT2D eigenvalue weighted by Crippen LogP contribution is 2.28. The number of carbonyl (C=O) groups excluding carboxylic acids is 1. The number of nitrogens with one attached hydrogen (secondary N) is 2. The standard InChI is InChI=1S/C16H10N4O2.C6H11F2N/c21-8-9-1-3-13-14(5-9)18-19-15(13)10-2-4-12-11(6-10)7-17-20-16(12)22;1-9-4-2-6(7,8)3-5-9/h1-8H,(H,18,19)(H,20,22);2-5H2,1H3. The molecule has 2 N–H and O–H groups in total. The molecular formula is C22H21F2N5O2. The van der Waals surface area contributed by atoms with Crippen molar-refractivity contribution in [2.24, 2.45) is 0 Å². The molecule has 0 unspecified atom stereocenters. The monoisotopic (exact) mass is 425 g/mol. The van der Waals surface area contributed by atoms with Gasteiger partial charge in [-0.05, 0) is 31.3 Å². The van der Waals surface area contributed by atoms with Crippen LogP contribution in [0, 0.1) is 0 Å². The molecule has 5 rings (SSSR count). The summed E-state index contributed by atoms with van der Waals surface area (Å²) in [4.78, 5) is 24.4. The molecule has 0 radical (unpaired) electrons. The van der Waals surface area contributed by atoms with E-state index < -0.39 is 5.92 Å². The maximum atomic E-state index is 12.4. The van der Waals surface area contributed by atoms with E-state index in [1.165, 1.54) is 0 Å². The fraction of sp³-hybridized carbons (Fsp3) is 0.273. The van der Waals surface area contributed by atoms with E-state index in [-0.39, 0.29) is 18.4 Å². The first-order valence-electron chi connectivity index (χ1n) is 9.84. The summed E-state index contributed by atoms with van der Waals surface area (Å²) in [5, 5.41) is 15.7. The summed E-state index contributed by atoms with van der Waals surface area (Å²) < 4.78 is 24.7. The number of hydrogen-bond acceptors (Lipinski definition) is 5. The zero-order valence-electron chi connectivity index (χ0n) is 16.9. The number of aldehydes is 1. The molecule has 4 aromatic rings. The number of rotatable bonds is 2. The minimum Gasteiger partial charge on any atom is -0.306 e. The summed E-state index contributed by atoms with van der Waals surface area (Å²) in [5.41, 5.74) is 2.83. The second-order valence-corrected chi connectivity index (χ2v) is 7.66. The van der Waals surface area contributed by atoms with E-state index in [0.29, 0.717) is 24.0 Å².